The number of hydrogen-bond acceptors (Lipinski definition) is 5. The van der Waals surface area contributed by atoms with Crippen molar-refractivity contribution in [3.63, 3.8) is 0 Å². The quantitative estimate of drug-likeness (QED) is 0.651. The van der Waals surface area contributed by atoms with Crippen LogP contribution in [0.25, 0.3) is 10.9 Å². The summed E-state index contributed by atoms with van der Waals surface area (Å²) in [6, 6.07) is 8.47. The van der Waals surface area contributed by atoms with Crippen LogP contribution < -0.4 is 5.32 Å². The molecule has 2 aromatic heterocycles. The van der Waals surface area contributed by atoms with Gasteiger partial charge in [0, 0.05) is 11.6 Å². The molecule has 0 aliphatic heterocycles. The molecule has 0 atom stereocenters. The average molecular weight is 423 g/mol. The van der Waals surface area contributed by atoms with E-state index in [4.69, 9.17) is 9.90 Å². The number of carboxylic acid groups (broad SMARTS) is 1. The highest BCUT2D eigenvalue weighted by Gasteiger charge is 2.38. The number of alkyl halides is 3. The Morgan fingerprint density at radius 3 is 2.50 bits per heavy atom. The highest BCUT2D eigenvalue weighted by Crippen LogP contribution is 2.18. The smallest absolute Gasteiger partial charge is 0.475 e. The molecule has 0 aliphatic carbocycles. The van der Waals surface area contributed by atoms with Gasteiger partial charge >= 0.3 is 12.1 Å². The Hall–Kier alpha value is -3.01. The third-order valence-corrected chi connectivity index (χ3v) is 4.28. The van der Waals surface area contributed by atoms with Gasteiger partial charge in [0.2, 0.25) is 0 Å². The Labute approximate surface area is 171 Å². The van der Waals surface area contributed by atoms with E-state index in [1.165, 1.54) is 5.56 Å². The molecule has 0 fully saturated rings. The van der Waals surface area contributed by atoms with E-state index >= 15 is 0 Å². The number of hydrogen-bond donors (Lipinski definition) is 2. The molecule has 3 rings (SSSR count). The van der Waals surface area contributed by atoms with Crippen LogP contribution >= 0.6 is 0 Å². The lowest BCUT2D eigenvalue weighted by molar-refractivity contribution is -0.192. The number of carbonyl (C=O) groups is 1. The topological polar surface area (TPSA) is 92.9 Å². The summed E-state index contributed by atoms with van der Waals surface area (Å²) in [5.41, 5.74) is 4.16. The van der Waals surface area contributed by atoms with Gasteiger partial charge in [-0.25, -0.2) is 9.48 Å². The summed E-state index contributed by atoms with van der Waals surface area (Å²) in [6.45, 7) is 9.99. The van der Waals surface area contributed by atoms with Crippen LogP contribution in [0, 0.1) is 6.92 Å². The van der Waals surface area contributed by atoms with E-state index in [0.29, 0.717) is 6.54 Å². The second kappa shape index (κ2) is 9.21. The van der Waals surface area contributed by atoms with Crippen LogP contribution in [-0.4, -0.2) is 43.8 Å². The van der Waals surface area contributed by atoms with E-state index in [2.05, 4.69) is 72.6 Å². The van der Waals surface area contributed by atoms with Crippen LogP contribution in [-0.2, 0) is 16.9 Å². The molecule has 2 N–H and O–H groups in total. The minimum Gasteiger partial charge on any atom is -0.475 e. The van der Waals surface area contributed by atoms with Crippen LogP contribution in [0.5, 0.6) is 0 Å². The molecule has 7 nitrogen and oxygen atoms in total. The fraction of sp³-hybridized carbons (Fsp3) is 0.400. The monoisotopic (exact) mass is 423 g/mol. The Morgan fingerprint density at radius 2 is 1.90 bits per heavy atom. The molecule has 0 radical (unpaired) electrons. The van der Waals surface area contributed by atoms with E-state index < -0.39 is 12.1 Å². The van der Waals surface area contributed by atoms with Gasteiger partial charge in [0.25, 0.3) is 0 Å². The van der Waals surface area contributed by atoms with Crippen LogP contribution in [0.4, 0.5) is 13.2 Å². The summed E-state index contributed by atoms with van der Waals surface area (Å²) in [4.78, 5) is 13.4. The third-order valence-electron chi connectivity index (χ3n) is 4.28. The molecular formula is C20H24F3N5O2. The van der Waals surface area contributed by atoms with E-state index in [9.17, 15) is 13.2 Å². The molecule has 0 bridgehead atoms. The lowest BCUT2D eigenvalue weighted by Crippen LogP contribution is -2.36. The van der Waals surface area contributed by atoms with Gasteiger partial charge in [0.15, 0.2) is 0 Å². The van der Waals surface area contributed by atoms with E-state index in [0.717, 1.165) is 28.7 Å². The first-order valence-corrected chi connectivity index (χ1v) is 9.23. The summed E-state index contributed by atoms with van der Waals surface area (Å²) in [5.74, 6) is -2.76. The fourth-order valence-electron chi connectivity index (χ4n) is 2.76. The molecule has 162 valence electrons. The maximum absolute atomic E-state index is 10.6. The molecule has 0 spiro atoms. The largest absolute Gasteiger partial charge is 0.490 e. The molecule has 0 saturated carbocycles. The number of halogens is 3. The number of nitrogens with one attached hydrogen (secondary N) is 1. The second-order valence-corrected chi connectivity index (χ2v) is 7.30. The maximum Gasteiger partial charge on any atom is 0.490 e. The van der Waals surface area contributed by atoms with Gasteiger partial charge in [-0.15, -0.1) is 5.10 Å². The van der Waals surface area contributed by atoms with Gasteiger partial charge in [0.1, 0.15) is 5.69 Å². The zero-order valence-corrected chi connectivity index (χ0v) is 17.2. The second-order valence-electron chi connectivity index (χ2n) is 7.30. The van der Waals surface area contributed by atoms with Crippen LogP contribution in [0.3, 0.4) is 0 Å². The Morgan fingerprint density at radius 1 is 1.23 bits per heavy atom. The minimum absolute atomic E-state index is 0.175. The maximum atomic E-state index is 10.6. The first kappa shape index (κ1) is 23.3. The molecule has 10 heteroatoms. The van der Waals surface area contributed by atoms with Crippen molar-refractivity contribution >= 4 is 16.9 Å². The molecule has 30 heavy (non-hydrogen) atoms. The number of pyridine rings is 1. The van der Waals surface area contributed by atoms with E-state index in [-0.39, 0.29) is 5.54 Å². The Kier molecular flexibility index (Phi) is 7.14. The summed E-state index contributed by atoms with van der Waals surface area (Å²) in [6.07, 6.45) is -1.17. The summed E-state index contributed by atoms with van der Waals surface area (Å²) >= 11 is 0. The fourth-order valence-corrected chi connectivity index (χ4v) is 2.76. The highest BCUT2D eigenvalue weighted by atomic mass is 19.4. The number of aryl methyl sites for hydroxylation is 1. The number of benzene rings is 1. The van der Waals surface area contributed by atoms with E-state index in [1.54, 1.807) is 0 Å². The Bertz CT molecular complexity index is 1020. The number of aromatic nitrogens is 4. The molecule has 2 heterocycles. The van der Waals surface area contributed by atoms with Crippen molar-refractivity contribution in [2.75, 3.05) is 6.54 Å². The molecule has 0 saturated heterocycles. The number of rotatable bonds is 5. The SMILES string of the molecule is CCNC(C)(C)c1cn(Cc2cnc3ccc(C)cc3c2)nn1.O=C(O)C(F)(F)F. The van der Waals surface area contributed by atoms with Gasteiger partial charge in [-0.05, 0) is 51.1 Å². The van der Waals surface area contributed by atoms with Gasteiger partial charge in [-0.3, -0.25) is 4.98 Å². The van der Waals surface area contributed by atoms with Crippen molar-refractivity contribution in [2.24, 2.45) is 0 Å². The number of fused-ring (bicyclic) bond motifs is 1. The summed E-state index contributed by atoms with van der Waals surface area (Å²) < 4.78 is 33.6. The first-order chi connectivity index (χ1) is 13.9. The average Bonchev–Trinajstić information content (AvgIpc) is 3.10. The lowest BCUT2D eigenvalue weighted by atomic mass is 10.0. The van der Waals surface area contributed by atoms with Crippen molar-refractivity contribution < 1.29 is 23.1 Å². The van der Waals surface area contributed by atoms with Crippen LogP contribution in [0.1, 0.15) is 37.6 Å². The zero-order chi connectivity index (χ0) is 22.5. The van der Waals surface area contributed by atoms with Crippen LogP contribution in [0.15, 0.2) is 36.7 Å². The van der Waals surface area contributed by atoms with Crippen molar-refractivity contribution in [1.82, 2.24) is 25.3 Å². The molecule has 0 unspecified atom stereocenters. The highest BCUT2D eigenvalue weighted by molar-refractivity contribution is 5.79. The number of carboxylic acids is 1. The van der Waals surface area contributed by atoms with Gasteiger partial charge < -0.3 is 10.4 Å². The lowest BCUT2D eigenvalue weighted by Gasteiger charge is -2.22. The van der Waals surface area contributed by atoms with Crippen molar-refractivity contribution in [3.8, 4) is 0 Å². The van der Waals surface area contributed by atoms with Crippen molar-refractivity contribution in [3.05, 3.63) is 53.5 Å². The van der Waals surface area contributed by atoms with Crippen LogP contribution in [0.2, 0.25) is 0 Å². The summed E-state index contributed by atoms with van der Waals surface area (Å²) in [7, 11) is 0. The van der Waals surface area contributed by atoms with Gasteiger partial charge in [0.05, 0.1) is 23.8 Å². The molecule has 0 amide bonds. The predicted molar refractivity (Wildman–Crippen MR) is 106 cm³/mol. The van der Waals surface area contributed by atoms with Gasteiger partial charge in [-0.1, -0.05) is 23.8 Å². The zero-order valence-electron chi connectivity index (χ0n) is 17.2. The normalized spacial score (nSPS) is 11.8. The first-order valence-electron chi connectivity index (χ1n) is 9.23. The number of aliphatic carboxylic acids is 1. The molecular weight excluding hydrogens is 399 g/mol. The van der Waals surface area contributed by atoms with Gasteiger partial charge in [-0.2, -0.15) is 13.2 Å². The number of nitrogens with zero attached hydrogens (tertiary/aromatic N) is 4. The van der Waals surface area contributed by atoms with E-state index in [1.807, 2.05) is 17.1 Å². The molecule has 0 aliphatic rings. The van der Waals surface area contributed by atoms with Crippen molar-refractivity contribution in [1.29, 1.82) is 0 Å². The molecule has 3 aromatic rings. The Balaban J connectivity index is 0.000000396. The predicted octanol–water partition coefficient (Wildman–Crippen LogP) is 3.66. The van der Waals surface area contributed by atoms with Crippen molar-refractivity contribution in [2.45, 2.75) is 46.0 Å². The third kappa shape index (κ3) is 6.24. The standard InChI is InChI=1S/C18H23N5.C2HF3O2/c1-5-20-18(3,4)17-12-23(22-21-17)11-14-9-15-8-13(2)6-7-16(15)19-10-14;3-2(4,5)1(6)7/h6-10,12,20H,5,11H2,1-4H3;(H,6,7). The molecule has 1 aromatic carbocycles. The minimum atomic E-state index is -5.08. The summed E-state index contributed by atoms with van der Waals surface area (Å²) in [5, 5.41) is 20.3.